The van der Waals surface area contributed by atoms with Gasteiger partial charge in [0.05, 0.1) is 22.9 Å². The number of hydrogen-bond acceptors (Lipinski definition) is 3. The summed E-state index contributed by atoms with van der Waals surface area (Å²) in [6.07, 6.45) is 0. The molecule has 5 nitrogen and oxygen atoms in total. The summed E-state index contributed by atoms with van der Waals surface area (Å²) in [5.74, 6) is -0.304. The Morgan fingerprint density at radius 2 is 2.00 bits per heavy atom. The number of aliphatic hydroxyl groups excluding tert-OH is 1. The molecule has 0 bridgehead atoms. The maximum absolute atomic E-state index is 11.4. The van der Waals surface area contributed by atoms with Crippen LogP contribution in [0.5, 0.6) is 0 Å². The normalized spacial score (nSPS) is 22.3. The first-order chi connectivity index (χ1) is 5.42. The van der Waals surface area contributed by atoms with Crippen LogP contribution < -0.4 is 0 Å². The Labute approximate surface area is 83.8 Å². The molecule has 0 radical (unpaired) electrons. The number of hydrogen-bond donors (Lipinski definition) is 1. The van der Waals surface area contributed by atoms with Crippen LogP contribution in [0.25, 0.3) is 0 Å². The first kappa shape index (κ1) is 9.72. The summed E-state index contributed by atoms with van der Waals surface area (Å²) in [6.45, 7) is 2.77. The van der Waals surface area contributed by atoms with E-state index in [1.165, 1.54) is 0 Å². The van der Waals surface area contributed by atoms with E-state index in [-0.39, 0.29) is 5.91 Å². The molecule has 1 fully saturated rings. The third kappa shape index (κ3) is 1.09. The Morgan fingerprint density at radius 3 is 2.17 bits per heavy atom. The van der Waals surface area contributed by atoms with Crippen LogP contribution in [0.1, 0.15) is 13.8 Å². The van der Waals surface area contributed by atoms with E-state index < -0.39 is 18.3 Å². The summed E-state index contributed by atoms with van der Waals surface area (Å²) >= 11 is 1.63. The zero-order chi connectivity index (χ0) is 9.52. The molecule has 0 saturated carbocycles. The Balaban J connectivity index is 3.04. The SMILES string of the molecule is CC1(C)C(=O)N(I)C(=O)N1CO. The molecule has 12 heavy (non-hydrogen) atoms. The number of imide groups is 1. The van der Waals surface area contributed by atoms with Crippen LogP contribution in [0, 0.1) is 0 Å². The van der Waals surface area contributed by atoms with Gasteiger partial charge in [-0.3, -0.25) is 9.69 Å². The highest BCUT2D eigenvalue weighted by molar-refractivity contribution is 14.1. The van der Waals surface area contributed by atoms with Gasteiger partial charge in [-0.05, 0) is 13.8 Å². The van der Waals surface area contributed by atoms with E-state index in [4.69, 9.17) is 5.11 Å². The average Bonchev–Trinajstić information content (AvgIpc) is 2.13. The lowest BCUT2D eigenvalue weighted by Gasteiger charge is -2.24. The standard InChI is InChI=1S/C6H9IN2O3/c1-6(2)4(11)9(7)5(12)8(6)3-10/h10H,3H2,1-2H3. The maximum Gasteiger partial charge on any atom is 0.338 e. The number of carbonyl (C=O) groups is 2. The van der Waals surface area contributed by atoms with Crippen LogP contribution >= 0.6 is 22.9 Å². The Morgan fingerprint density at radius 1 is 1.50 bits per heavy atom. The Hall–Kier alpha value is -0.370. The average molecular weight is 284 g/mol. The van der Waals surface area contributed by atoms with Gasteiger partial charge in [0, 0.05) is 0 Å². The number of carbonyl (C=O) groups excluding carboxylic acids is 2. The minimum absolute atomic E-state index is 0.304. The van der Waals surface area contributed by atoms with Crippen molar-refractivity contribution >= 4 is 34.8 Å². The molecule has 6 heteroatoms. The van der Waals surface area contributed by atoms with Crippen molar-refractivity contribution in [3.8, 4) is 0 Å². The fourth-order valence-corrected chi connectivity index (χ4v) is 1.88. The van der Waals surface area contributed by atoms with Gasteiger partial charge >= 0.3 is 6.03 Å². The van der Waals surface area contributed by atoms with Gasteiger partial charge in [-0.15, -0.1) is 0 Å². The Bertz CT molecular complexity index is 241. The van der Waals surface area contributed by atoms with Gasteiger partial charge in [-0.2, -0.15) is 0 Å². The third-order valence-corrected chi connectivity index (χ3v) is 2.77. The second-order valence-corrected chi connectivity index (χ2v) is 3.96. The molecule has 0 aliphatic carbocycles. The molecule has 68 valence electrons. The topological polar surface area (TPSA) is 60.9 Å². The van der Waals surface area contributed by atoms with E-state index in [1.54, 1.807) is 36.7 Å². The maximum atomic E-state index is 11.4. The highest BCUT2D eigenvalue weighted by atomic mass is 127. The van der Waals surface area contributed by atoms with Crippen molar-refractivity contribution < 1.29 is 14.7 Å². The predicted octanol–water partition coefficient (Wildman–Crippen LogP) is 0.329. The minimum atomic E-state index is -0.924. The van der Waals surface area contributed by atoms with Gasteiger partial charge < -0.3 is 5.11 Å². The molecule has 0 unspecified atom stereocenters. The number of urea groups is 1. The van der Waals surface area contributed by atoms with Gasteiger partial charge in [0.1, 0.15) is 12.3 Å². The van der Waals surface area contributed by atoms with Crippen molar-refractivity contribution in [2.45, 2.75) is 19.4 Å². The van der Waals surface area contributed by atoms with Crippen molar-refractivity contribution in [3.05, 3.63) is 0 Å². The largest absolute Gasteiger partial charge is 0.376 e. The van der Waals surface area contributed by atoms with Gasteiger partial charge in [-0.1, -0.05) is 0 Å². The first-order valence-corrected chi connectivity index (χ1v) is 4.32. The van der Waals surface area contributed by atoms with E-state index in [2.05, 4.69) is 0 Å². The highest BCUT2D eigenvalue weighted by Crippen LogP contribution is 2.28. The van der Waals surface area contributed by atoms with Crippen molar-refractivity contribution in [1.82, 2.24) is 8.01 Å². The smallest absolute Gasteiger partial charge is 0.338 e. The number of halogens is 1. The highest BCUT2D eigenvalue weighted by Gasteiger charge is 2.50. The molecular formula is C6H9IN2O3. The van der Waals surface area contributed by atoms with E-state index >= 15 is 0 Å². The fourth-order valence-electron chi connectivity index (χ4n) is 1.02. The number of amides is 3. The molecule has 0 aromatic rings. The van der Waals surface area contributed by atoms with Crippen molar-refractivity contribution in [2.75, 3.05) is 6.73 Å². The molecule has 1 aliphatic heterocycles. The fraction of sp³-hybridized carbons (Fsp3) is 0.667. The first-order valence-electron chi connectivity index (χ1n) is 3.35. The summed E-state index contributed by atoms with van der Waals surface area (Å²) in [6, 6.07) is -0.465. The lowest BCUT2D eigenvalue weighted by Crippen LogP contribution is -2.44. The summed E-state index contributed by atoms with van der Waals surface area (Å²) in [7, 11) is 0. The summed E-state index contributed by atoms with van der Waals surface area (Å²) in [5, 5.41) is 8.83. The van der Waals surface area contributed by atoms with Crippen LogP contribution in [-0.2, 0) is 4.79 Å². The van der Waals surface area contributed by atoms with Crippen LogP contribution in [0.15, 0.2) is 0 Å². The third-order valence-electron chi connectivity index (χ3n) is 1.92. The van der Waals surface area contributed by atoms with Crippen LogP contribution in [0.2, 0.25) is 0 Å². The molecule has 1 saturated heterocycles. The van der Waals surface area contributed by atoms with Crippen molar-refractivity contribution in [2.24, 2.45) is 0 Å². The summed E-state index contributed by atoms with van der Waals surface area (Å²) in [4.78, 5) is 23.7. The number of rotatable bonds is 1. The number of nitrogens with zero attached hydrogens (tertiary/aromatic N) is 2. The Kier molecular flexibility index (Phi) is 2.30. The lowest BCUT2D eigenvalue weighted by molar-refractivity contribution is -0.128. The minimum Gasteiger partial charge on any atom is -0.376 e. The molecule has 0 spiro atoms. The van der Waals surface area contributed by atoms with Crippen LogP contribution in [-0.4, -0.2) is 37.3 Å². The van der Waals surface area contributed by atoms with Gasteiger partial charge in [0.25, 0.3) is 5.91 Å². The van der Waals surface area contributed by atoms with E-state index in [1.807, 2.05) is 0 Å². The molecule has 1 N–H and O–H groups in total. The second-order valence-electron chi connectivity index (χ2n) is 3.00. The zero-order valence-corrected chi connectivity index (χ0v) is 8.90. The lowest BCUT2D eigenvalue weighted by atomic mass is 10.1. The zero-order valence-electron chi connectivity index (χ0n) is 6.74. The summed E-state index contributed by atoms with van der Waals surface area (Å²) < 4.78 is 0.980. The molecule has 1 rings (SSSR count). The van der Waals surface area contributed by atoms with Crippen molar-refractivity contribution in [3.63, 3.8) is 0 Å². The quantitative estimate of drug-likeness (QED) is 0.429. The van der Waals surface area contributed by atoms with E-state index in [0.717, 1.165) is 8.01 Å². The molecule has 3 amide bonds. The predicted molar refractivity (Wildman–Crippen MR) is 49.3 cm³/mol. The monoisotopic (exact) mass is 284 g/mol. The molecule has 0 aromatic carbocycles. The van der Waals surface area contributed by atoms with E-state index in [9.17, 15) is 9.59 Å². The number of aliphatic hydroxyl groups is 1. The molecule has 1 aliphatic rings. The van der Waals surface area contributed by atoms with E-state index in [0.29, 0.717) is 0 Å². The second kappa shape index (κ2) is 2.84. The molecule has 0 aromatic heterocycles. The van der Waals surface area contributed by atoms with Crippen LogP contribution in [0.4, 0.5) is 4.79 Å². The van der Waals surface area contributed by atoms with Gasteiger partial charge in [-0.25, -0.2) is 7.91 Å². The van der Waals surface area contributed by atoms with Crippen molar-refractivity contribution in [1.29, 1.82) is 0 Å². The summed E-state index contributed by atoms with van der Waals surface area (Å²) in [5.41, 5.74) is -0.924. The molecular weight excluding hydrogens is 275 g/mol. The molecule has 1 heterocycles. The van der Waals surface area contributed by atoms with Gasteiger partial charge in [0.15, 0.2) is 0 Å². The van der Waals surface area contributed by atoms with Gasteiger partial charge in [0.2, 0.25) is 0 Å². The molecule has 0 atom stereocenters. The van der Waals surface area contributed by atoms with Crippen LogP contribution in [0.3, 0.4) is 0 Å².